The number of carbonyl (C=O) groups is 1. The number of carboxylic acid groups (broad SMARTS) is 1. The summed E-state index contributed by atoms with van der Waals surface area (Å²) in [6, 6.07) is 2.72. The van der Waals surface area contributed by atoms with Crippen LogP contribution in [0.25, 0.3) is 33.3 Å². The lowest BCUT2D eigenvalue weighted by molar-refractivity contribution is 0.0695. The first-order chi connectivity index (χ1) is 18.7. The maximum absolute atomic E-state index is 15.5. The Bertz CT molecular complexity index is 1750. The van der Waals surface area contributed by atoms with Crippen molar-refractivity contribution in [1.82, 2.24) is 14.5 Å². The van der Waals surface area contributed by atoms with Crippen molar-refractivity contribution in [2.75, 3.05) is 30.4 Å². The highest BCUT2D eigenvalue weighted by molar-refractivity contribution is 5.98. The molecule has 4 heterocycles. The van der Waals surface area contributed by atoms with Crippen LogP contribution in [0.15, 0.2) is 35.5 Å². The van der Waals surface area contributed by atoms with Crippen molar-refractivity contribution in [2.24, 2.45) is 12.8 Å². The van der Waals surface area contributed by atoms with Crippen molar-refractivity contribution in [1.29, 1.82) is 0 Å². The van der Waals surface area contributed by atoms with E-state index >= 15 is 4.39 Å². The van der Waals surface area contributed by atoms with E-state index in [2.05, 4.69) is 20.2 Å². The molecule has 39 heavy (non-hydrogen) atoms. The first-order valence-corrected chi connectivity index (χ1v) is 12.7. The number of carboxylic acids is 1. The molecule has 0 amide bonds. The van der Waals surface area contributed by atoms with E-state index in [1.54, 1.807) is 32.6 Å². The summed E-state index contributed by atoms with van der Waals surface area (Å²) in [5, 5.41) is 12.6. The van der Waals surface area contributed by atoms with Gasteiger partial charge in [0.2, 0.25) is 5.43 Å². The Morgan fingerprint density at radius 2 is 2.03 bits per heavy atom. The number of anilines is 2. The van der Waals surface area contributed by atoms with Crippen molar-refractivity contribution in [2.45, 2.75) is 25.3 Å². The highest BCUT2D eigenvalue weighted by atomic mass is 19.2. The van der Waals surface area contributed by atoms with Crippen LogP contribution >= 0.6 is 0 Å². The molecule has 1 aromatic carbocycles. The van der Waals surface area contributed by atoms with E-state index in [0.717, 1.165) is 18.9 Å². The van der Waals surface area contributed by atoms with Crippen LogP contribution in [-0.4, -0.2) is 51.8 Å². The van der Waals surface area contributed by atoms with Crippen molar-refractivity contribution in [3.63, 3.8) is 0 Å². The highest BCUT2D eigenvalue weighted by Gasteiger charge is 2.36. The molecule has 1 fully saturated rings. The number of rotatable bonds is 5. The van der Waals surface area contributed by atoms with Crippen molar-refractivity contribution in [3.05, 3.63) is 69.4 Å². The van der Waals surface area contributed by atoms with Crippen molar-refractivity contribution in [3.8, 4) is 22.3 Å². The van der Waals surface area contributed by atoms with E-state index in [1.165, 1.54) is 10.8 Å². The normalized spacial score (nSPS) is 16.0. The molecule has 4 aromatic rings. The molecule has 1 unspecified atom stereocenters. The topological polar surface area (TPSA) is 126 Å². The van der Waals surface area contributed by atoms with E-state index in [0.29, 0.717) is 64.5 Å². The van der Waals surface area contributed by atoms with E-state index < -0.39 is 23.0 Å². The van der Waals surface area contributed by atoms with E-state index in [4.69, 9.17) is 5.73 Å². The second-order valence-electron chi connectivity index (χ2n) is 9.95. The number of benzene rings is 1. The smallest absolute Gasteiger partial charge is 0.341 e. The number of aromatic carboxylic acids is 1. The maximum atomic E-state index is 15.5. The number of nitrogens with zero attached hydrogens (tertiary/aromatic N) is 4. The predicted octanol–water partition coefficient (Wildman–Crippen LogP) is 3.51. The molecule has 9 nitrogen and oxygen atoms in total. The summed E-state index contributed by atoms with van der Waals surface area (Å²) in [5.74, 6) is -3.24. The van der Waals surface area contributed by atoms with E-state index in [9.17, 15) is 19.1 Å². The summed E-state index contributed by atoms with van der Waals surface area (Å²) in [6.45, 7) is 1.03. The molecule has 4 N–H and O–H groups in total. The van der Waals surface area contributed by atoms with Gasteiger partial charge in [-0.3, -0.25) is 9.78 Å². The number of nitrogens with two attached hydrogens (primary N) is 1. The summed E-state index contributed by atoms with van der Waals surface area (Å²) in [4.78, 5) is 36.0. The maximum Gasteiger partial charge on any atom is 0.341 e. The van der Waals surface area contributed by atoms with Gasteiger partial charge in [0.1, 0.15) is 11.2 Å². The number of halogens is 2. The van der Waals surface area contributed by atoms with Gasteiger partial charge in [-0.05, 0) is 24.5 Å². The Balaban J connectivity index is 1.68. The third-order valence-electron chi connectivity index (χ3n) is 7.81. The minimum Gasteiger partial charge on any atom is -0.477 e. The quantitative estimate of drug-likeness (QED) is 0.314. The average molecular weight is 533 g/mol. The van der Waals surface area contributed by atoms with Crippen LogP contribution in [0.5, 0.6) is 0 Å². The highest BCUT2D eigenvalue weighted by Crippen LogP contribution is 2.51. The monoisotopic (exact) mass is 532 g/mol. The second kappa shape index (κ2) is 9.12. The van der Waals surface area contributed by atoms with Crippen LogP contribution < -0.4 is 21.4 Å². The Labute approximate surface area is 221 Å². The Hall–Kier alpha value is -4.38. The number of hydrogen-bond acceptors (Lipinski definition) is 7. The fraction of sp³-hybridized carbons (Fsp3) is 0.286. The molecule has 6 rings (SSSR count). The lowest BCUT2D eigenvalue weighted by Gasteiger charge is -2.30. The van der Waals surface area contributed by atoms with Crippen molar-refractivity contribution >= 4 is 28.4 Å². The van der Waals surface area contributed by atoms with Gasteiger partial charge >= 0.3 is 5.97 Å². The number of aryl methyl sites for hydroxylation is 1. The van der Waals surface area contributed by atoms with Crippen LogP contribution in [0.1, 0.15) is 34.5 Å². The minimum absolute atomic E-state index is 0.0282. The summed E-state index contributed by atoms with van der Waals surface area (Å²) < 4.78 is 31.8. The van der Waals surface area contributed by atoms with Gasteiger partial charge in [-0.1, -0.05) is 0 Å². The standard InChI is InChI=1S/C28H26F2N6O3/c1-32-20-8-19(29)24(30)22-15(20)7-21-23(22)25(36-5-3-4-14(36)9-31)17(11-33-21)13-6-16-26(37)18(28(38)39)12-35(2)27(16)34-10-13/h6,8,10-12,14,32H,3-5,7,9,31H2,1-2H3,(H,38,39). The first-order valence-electron chi connectivity index (χ1n) is 12.7. The molecular weight excluding hydrogens is 506 g/mol. The van der Waals surface area contributed by atoms with Crippen LogP contribution in [0.3, 0.4) is 0 Å². The van der Waals surface area contributed by atoms with E-state index in [-0.39, 0.29) is 22.6 Å². The lowest BCUT2D eigenvalue weighted by atomic mass is 9.96. The molecule has 200 valence electrons. The number of aromatic nitrogens is 3. The van der Waals surface area contributed by atoms with Gasteiger partial charge in [-0.15, -0.1) is 0 Å². The molecule has 0 spiro atoms. The molecule has 0 bridgehead atoms. The molecule has 0 radical (unpaired) electrons. The third kappa shape index (κ3) is 3.68. The number of hydrogen-bond donors (Lipinski definition) is 3. The van der Waals surface area contributed by atoms with Crippen molar-refractivity contribution < 1.29 is 18.7 Å². The number of nitrogens with one attached hydrogen (secondary N) is 1. The van der Waals surface area contributed by atoms with Crippen LogP contribution in [-0.2, 0) is 13.5 Å². The van der Waals surface area contributed by atoms with Gasteiger partial charge in [0.05, 0.1) is 16.8 Å². The SMILES string of the molecule is CNc1cc(F)c(F)c2c1Cc1ncc(-c3cnc4c(c3)c(=O)c(C(=O)O)cn4C)c(N3CCCC3CN)c1-2. The van der Waals surface area contributed by atoms with E-state index in [1.807, 2.05) is 0 Å². The molecule has 11 heteroatoms. The molecule has 2 aliphatic rings. The Kier molecular flexibility index (Phi) is 5.83. The summed E-state index contributed by atoms with van der Waals surface area (Å²) >= 11 is 0. The fourth-order valence-electron chi connectivity index (χ4n) is 5.98. The molecule has 1 atom stereocenters. The zero-order valence-corrected chi connectivity index (χ0v) is 21.4. The molecule has 1 aliphatic heterocycles. The third-order valence-corrected chi connectivity index (χ3v) is 7.81. The van der Waals surface area contributed by atoms with Crippen LogP contribution in [0.2, 0.25) is 0 Å². The molecule has 0 saturated carbocycles. The average Bonchev–Trinajstić information content (AvgIpc) is 3.56. The zero-order chi connectivity index (χ0) is 27.6. The van der Waals surface area contributed by atoms with Gasteiger partial charge in [-0.2, -0.15) is 0 Å². The minimum atomic E-state index is -1.33. The fourth-order valence-corrected chi connectivity index (χ4v) is 5.98. The number of pyridine rings is 3. The van der Waals surface area contributed by atoms with Gasteiger partial charge in [0, 0.05) is 92.2 Å². The number of fused-ring (bicyclic) bond motifs is 4. The van der Waals surface area contributed by atoms with Gasteiger partial charge in [-0.25, -0.2) is 18.6 Å². The summed E-state index contributed by atoms with van der Waals surface area (Å²) in [6.07, 6.45) is 6.52. The second-order valence-corrected chi connectivity index (χ2v) is 9.95. The molecular formula is C28H26F2N6O3. The molecule has 1 saturated heterocycles. The van der Waals surface area contributed by atoms with Gasteiger partial charge in [0.15, 0.2) is 11.6 Å². The Morgan fingerprint density at radius 3 is 2.74 bits per heavy atom. The Morgan fingerprint density at radius 1 is 1.23 bits per heavy atom. The largest absolute Gasteiger partial charge is 0.477 e. The summed E-state index contributed by atoms with van der Waals surface area (Å²) in [5.41, 5.74) is 9.57. The van der Waals surface area contributed by atoms with Crippen LogP contribution in [0.4, 0.5) is 20.2 Å². The van der Waals surface area contributed by atoms with Gasteiger partial charge in [0.25, 0.3) is 0 Å². The zero-order valence-electron chi connectivity index (χ0n) is 21.4. The van der Waals surface area contributed by atoms with Gasteiger partial charge < -0.3 is 25.6 Å². The molecule has 1 aliphatic carbocycles. The predicted molar refractivity (Wildman–Crippen MR) is 144 cm³/mol. The summed E-state index contributed by atoms with van der Waals surface area (Å²) in [7, 11) is 3.28. The first kappa shape index (κ1) is 24.9. The molecule has 3 aromatic heterocycles. The lowest BCUT2D eigenvalue weighted by Crippen LogP contribution is -2.36. The van der Waals surface area contributed by atoms with Crippen LogP contribution in [0, 0.1) is 11.6 Å².